The molecule has 0 saturated heterocycles. The minimum absolute atomic E-state index is 0.0182. The molecule has 3 rings (SSSR count). The van der Waals surface area contributed by atoms with Crippen molar-refractivity contribution in [1.82, 2.24) is 15.3 Å². The van der Waals surface area contributed by atoms with Gasteiger partial charge >= 0.3 is 0 Å². The SMILES string of the molecule is COc1nccnc1NS(=O)(=O)c1ccc(NC(=S)NC(=O)c2cc(Br)ccc2OC(C)C)cc1. The zero-order chi connectivity index (χ0) is 25.6. The van der Waals surface area contributed by atoms with Gasteiger partial charge in [0.25, 0.3) is 21.8 Å². The van der Waals surface area contributed by atoms with E-state index >= 15 is 0 Å². The van der Waals surface area contributed by atoms with Gasteiger partial charge in [0.05, 0.1) is 23.7 Å². The van der Waals surface area contributed by atoms with Crippen LogP contribution in [0.15, 0.2) is 64.2 Å². The van der Waals surface area contributed by atoms with Gasteiger partial charge in [-0.1, -0.05) is 15.9 Å². The number of anilines is 2. The van der Waals surface area contributed by atoms with E-state index in [1.165, 1.54) is 43.8 Å². The van der Waals surface area contributed by atoms with Gasteiger partial charge in [-0.15, -0.1) is 0 Å². The molecule has 0 aliphatic carbocycles. The number of amides is 1. The Morgan fingerprint density at radius 3 is 2.43 bits per heavy atom. The van der Waals surface area contributed by atoms with Gasteiger partial charge < -0.3 is 14.8 Å². The van der Waals surface area contributed by atoms with Gasteiger partial charge in [-0.3, -0.25) is 14.8 Å². The fraction of sp³-hybridized carbons (Fsp3) is 0.182. The Bertz CT molecular complexity index is 1330. The van der Waals surface area contributed by atoms with Crippen LogP contribution in [0.25, 0.3) is 0 Å². The van der Waals surface area contributed by atoms with Gasteiger partial charge in [0, 0.05) is 22.6 Å². The third kappa shape index (κ3) is 7.10. The topological polar surface area (TPSA) is 132 Å². The Labute approximate surface area is 216 Å². The number of rotatable bonds is 8. The van der Waals surface area contributed by atoms with Crippen molar-refractivity contribution in [2.45, 2.75) is 24.8 Å². The number of nitrogens with one attached hydrogen (secondary N) is 3. The van der Waals surface area contributed by atoms with Gasteiger partial charge in [-0.2, -0.15) is 0 Å². The Balaban J connectivity index is 1.67. The summed E-state index contributed by atoms with van der Waals surface area (Å²) >= 11 is 8.59. The first-order chi connectivity index (χ1) is 16.6. The van der Waals surface area contributed by atoms with E-state index < -0.39 is 15.9 Å². The van der Waals surface area contributed by atoms with E-state index in [-0.39, 0.29) is 27.8 Å². The first-order valence-electron chi connectivity index (χ1n) is 10.2. The van der Waals surface area contributed by atoms with Crippen LogP contribution in [0.3, 0.4) is 0 Å². The van der Waals surface area contributed by atoms with E-state index in [2.05, 4.69) is 41.3 Å². The monoisotopic (exact) mass is 579 g/mol. The highest BCUT2D eigenvalue weighted by Gasteiger charge is 2.19. The molecule has 0 fully saturated rings. The average Bonchev–Trinajstić information content (AvgIpc) is 2.80. The molecule has 13 heteroatoms. The molecule has 1 aromatic heterocycles. The van der Waals surface area contributed by atoms with E-state index in [1.807, 2.05) is 13.8 Å². The lowest BCUT2D eigenvalue weighted by atomic mass is 10.2. The average molecular weight is 580 g/mol. The second-order valence-corrected chi connectivity index (χ2v) is 10.3. The third-order valence-corrected chi connectivity index (χ3v) is 6.34. The van der Waals surface area contributed by atoms with Crippen LogP contribution in [-0.4, -0.2) is 42.6 Å². The number of aromatic nitrogens is 2. The number of thiocarbonyl (C=S) groups is 1. The largest absolute Gasteiger partial charge is 0.490 e. The fourth-order valence-electron chi connectivity index (χ4n) is 2.82. The second kappa shape index (κ2) is 11.4. The molecule has 0 saturated carbocycles. The summed E-state index contributed by atoms with van der Waals surface area (Å²) < 4.78 is 39.1. The molecule has 3 aromatic rings. The maximum Gasteiger partial charge on any atom is 0.263 e. The molecular weight excluding hydrogens is 558 g/mol. The first-order valence-corrected chi connectivity index (χ1v) is 12.8. The highest BCUT2D eigenvalue weighted by atomic mass is 79.9. The zero-order valence-electron chi connectivity index (χ0n) is 18.9. The Kier molecular flexibility index (Phi) is 8.59. The summed E-state index contributed by atoms with van der Waals surface area (Å²) in [6.07, 6.45) is 2.61. The van der Waals surface area contributed by atoms with Crippen LogP contribution in [0.5, 0.6) is 11.6 Å². The molecule has 2 aromatic carbocycles. The van der Waals surface area contributed by atoms with Crippen LogP contribution in [0.1, 0.15) is 24.2 Å². The summed E-state index contributed by atoms with van der Waals surface area (Å²) in [4.78, 5) is 20.6. The van der Waals surface area contributed by atoms with Crippen molar-refractivity contribution < 1.29 is 22.7 Å². The van der Waals surface area contributed by atoms with Crippen molar-refractivity contribution in [1.29, 1.82) is 0 Å². The highest BCUT2D eigenvalue weighted by molar-refractivity contribution is 9.10. The van der Waals surface area contributed by atoms with E-state index in [4.69, 9.17) is 21.7 Å². The smallest absolute Gasteiger partial charge is 0.263 e. The Morgan fingerprint density at radius 2 is 1.77 bits per heavy atom. The summed E-state index contributed by atoms with van der Waals surface area (Å²) in [5.41, 5.74) is 0.781. The van der Waals surface area contributed by atoms with Crippen molar-refractivity contribution >= 4 is 60.7 Å². The molecule has 1 heterocycles. The molecule has 35 heavy (non-hydrogen) atoms. The number of nitrogens with zero attached hydrogens (tertiary/aromatic N) is 2. The highest BCUT2D eigenvalue weighted by Crippen LogP contribution is 2.25. The predicted molar refractivity (Wildman–Crippen MR) is 139 cm³/mol. The van der Waals surface area contributed by atoms with Crippen LogP contribution < -0.4 is 24.8 Å². The Hall–Kier alpha value is -3.29. The van der Waals surface area contributed by atoms with Crippen LogP contribution in [-0.2, 0) is 10.0 Å². The Morgan fingerprint density at radius 1 is 1.09 bits per heavy atom. The van der Waals surface area contributed by atoms with Crippen molar-refractivity contribution in [3.63, 3.8) is 0 Å². The van der Waals surface area contributed by atoms with Crippen molar-refractivity contribution in [3.05, 3.63) is 64.9 Å². The van der Waals surface area contributed by atoms with Crippen LogP contribution in [0.2, 0.25) is 0 Å². The molecule has 1 amide bonds. The molecule has 0 aliphatic heterocycles. The molecule has 0 atom stereocenters. The van der Waals surface area contributed by atoms with Crippen molar-refractivity contribution in [3.8, 4) is 11.6 Å². The standard InChI is InChI=1S/C22H22BrN5O5S2/c1-13(2)33-18-9-4-14(23)12-17(18)20(29)27-22(34)26-15-5-7-16(8-6-15)35(30,31)28-19-21(32-3)25-11-10-24-19/h4-13H,1-3H3,(H,24,28)(H2,26,27,29,34). The molecule has 0 unspecified atom stereocenters. The molecule has 0 spiro atoms. The summed E-state index contributed by atoms with van der Waals surface area (Å²) in [5.74, 6) is -0.0247. The van der Waals surface area contributed by atoms with Crippen molar-refractivity contribution in [2.75, 3.05) is 17.1 Å². The predicted octanol–water partition coefficient (Wildman–Crippen LogP) is 3.96. The zero-order valence-corrected chi connectivity index (χ0v) is 22.1. The lowest BCUT2D eigenvalue weighted by Gasteiger charge is -2.15. The second-order valence-electron chi connectivity index (χ2n) is 7.26. The molecule has 0 aliphatic rings. The number of carbonyl (C=O) groups excluding carboxylic acids is 1. The van der Waals surface area contributed by atoms with Gasteiger partial charge in [0.15, 0.2) is 5.11 Å². The number of sulfonamides is 1. The van der Waals surface area contributed by atoms with Crippen LogP contribution in [0, 0.1) is 0 Å². The molecular formula is C22H22BrN5O5S2. The maximum absolute atomic E-state index is 12.8. The number of halogens is 1. The molecule has 0 bridgehead atoms. The minimum Gasteiger partial charge on any atom is -0.490 e. The van der Waals surface area contributed by atoms with E-state index in [9.17, 15) is 13.2 Å². The molecule has 3 N–H and O–H groups in total. The number of hydrogen-bond acceptors (Lipinski definition) is 8. The van der Waals surface area contributed by atoms with Gasteiger partial charge in [-0.05, 0) is 68.5 Å². The lowest BCUT2D eigenvalue weighted by Crippen LogP contribution is -2.34. The molecule has 184 valence electrons. The van der Waals surface area contributed by atoms with E-state index in [0.29, 0.717) is 21.5 Å². The summed E-state index contributed by atoms with van der Waals surface area (Å²) in [5, 5.41) is 5.48. The fourth-order valence-corrected chi connectivity index (χ4v) is 4.40. The van der Waals surface area contributed by atoms with E-state index in [0.717, 1.165) is 0 Å². The minimum atomic E-state index is -3.95. The quantitative estimate of drug-likeness (QED) is 0.339. The van der Waals surface area contributed by atoms with Crippen LogP contribution >= 0.6 is 28.1 Å². The van der Waals surface area contributed by atoms with Crippen LogP contribution in [0.4, 0.5) is 11.5 Å². The number of ether oxygens (including phenoxy) is 2. The molecule has 0 radical (unpaired) electrons. The van der Waals surface area contributed by atoms with Crippen molar-refractivity contribution in [2.24, 2.45) is 0 Å². The summed E-state index contributed by atoms with van der Waals surface area (Å²) in [6, 6.07) is 10.9. The normalized spacial score (nSPS) is 11.0. The lowest BCUT2D eigenvalue weighted by molar-refractivity contribution is 0.0972. The van der Waals surface area contributed by atoms with Gasteiger partial charge in [-0.25, -0.2) is 18.4 Å². The number of benzene rings is 2. The number of methoxy groups -OCH3 is 1. The van der Waals surface area contributed by atoms with E-state index in [1.54, 1.807) is 18.2 Å². The number of carbonyl (C=O) groups is 1. The summed E-state index contributed by atoms with van der Waals surface area (Å²) in [7, 11) is -2.59. The third-order valence-electron chi connectivity index (χ3n) is 4.29. The number of hydrogen-bond donors (Lipinski definition) is 3. The maximum atomic E-state index is 12.8. The first kappa shape index (κ1) is 26.3. The molecule has 10 nitrogen and oxygen atoms in total. The van der Waals surface area contributed by atoms with Gasteiger partial charge in [0.2, 0.25) is 5.82 Å². The van der Waals surface area contributed by atoms with Gasteiger partial charge in [0.1, 0.15) is 5.75 Å². The summed E-state index contributed by atoms with van der Waals surface area (Å²) in [6.45, 7) is 3.72.